The second-order valence-electron chi connectivity index (χ2n) is 7.78. The molecule has 6 heteroatoms. The van der Waals surface area contributed by atoms with E-state index >= 15 is 0 Å². The summed E-state index contributed by atoms with van der Waals surface area (Å²) in [4.78, 5) is 25.0. The van der Waals surface area contributed by atoms with Crippen molar-refractivity contribution in [1.29, 1.82) is 5.26 Å². The van der Waals surface area contributed by atoms with E-state index in [0.717, 1.165) is 29.3 Å². The molecule has 0 bridgehead atoms. The predicted molar refractivity (Wildman–Crippen MR) is 112 cm³/mol. The summed E-state index contributed by atoms with van der Waals surface area (Å²) in [7, 11) is 1.36. The van der Waals surface area contributed by atoms with Crippen molar-refractivity contribution in [1.82, 2.24) is 9.88 Å². The van der Waals surface area contributed by atoms with Crippen LogP contribution in [0.5, 0.6) is 0 Å². The maximum Gasteiger partial charge on any atom is 0.331 e. The Morgan fingerprint density at radius 1 is 1.34 bits per heavy atom. The number of para-hydroxylation sites is 1. The third-order valence-electron chi connectivity index (χ3n) is 5.76. The minimum Gasteiger partial charge on any atom is -0.467 e. The molecule has 0 radical (unpaired) electrons. The van der Waals surface area contributed by atoms with Gasteiger partial charge in [0.1, 0.15) is 5.54 Å². The molecule has 0 atom stereocenters. The molecule has 29 heavy (non-hydrogen) atoms. The summed E-state index contributed by atoms with van der Waals surface area (Å²) in [5, 5.41) is 12.8. The fourth-order valence-electron chi connectivity index (χ4n) is 4.04. The molecule has 1 fully saturated rings. The van der Waals surface area contributed by atoms with E-state index in [-0.39, 0.29) is 11.9 Å². The van der Waals surface area contributed by atoms with Crippen molar-refractivity contribution in [2.75, 3.05) is 7.11 Å². The fourth-order valence-corrected chi connectivity index (χ4v) is 4.04. The number of amides is 1. The average molecular weight is 393 g/mol. The summed E-state index contributed by atoms with van der Waals surface area (Å²) < 4.78 is 7.01. The summed E-state index contributed by atoms with van der Waals surface area (Å²) in [6, 6.07) is 10.1. The van der Waals surface area contributed by atoms with Crippen LogP contribution in [-0.4, -0.2) is 29.1 Å². The second kappa shape index (κ2) is 8.95. The van der Waals surface area contributed by atoms with Crippen molar-refractivity contribution in [2.24, 2.45) is 5.92 Å². The zero-order valence-corrected chi connectivity index (χ0v) is 17.0. The Balaban J connectivity index is 1.80. The summed E-state index contributed by atoms with van der Waals surface area (Å²) in [6.45, 7) is 2.76. The first-order valence-electron chi connectivity index (χ1n) is 10.0. The topological polar surface area (TPSA) is 84.1 Å². The fraction of sp³-hybridized carbons (Fsp3) is 0.435. The SMILES string of the molecule is COC(=O)C1(NC(=O)/C=C/c2cn(CCC#N)c3ccccc23)CCC(C)CC1. The van der Waals surface area contributed by atoms with E-state index in [4.69, 9.17) is 10.00 Å². The normalized spacial score (nSPS) is 21.8. The van der Waals surface area contributed by atoms with E-state index < -0.39 is 5.54 Å². The van der Waals surface area contributed by atoms with Crippen LogP contribution in [0.25, 0.3) is 17.0 Å². The lowest BCUT2D eigenvalue weighted by molar-refractivity contribution is -0.152. The minimum atomic E-state index is -0.941. The number of ether oxygens (including phenoxy) is 1. The zero-order valence-electron chi connectivity index (χ0n) is 17.0. The van der Waals surface area contributed by atoms with Crippen molar-refractivity contribution in [2.45, 2.75) is 51.1 Å². The third kappa shape index (κ3) is 4.51. The smallest absolute Gasteiger partial charge is 0.331 e. The van der Waals surface area contributed by atoms with E-state index in [0.29, 0.717) is 31.7 Å². The van der Waals surface area contributed by atoms with E-state index in [9.17, 15) is 9.59 Å². The molecule has 0 spiro atoms. The number of carbonyl (C=O) groups is 2. The first kappa shape index (κ1) is 20.7. The van der Waals surface area contributed by atoms with Crippen LogP contribution in [0.3, 0.4) is 0 Å². The largest absolute Gasteiger partial charge is 0.467 e. The molecule has 1 aromatic heterocycles. The van der Waals surface area contributed by atoms with Gasteiger partial charge < -0.3 is 14.6 Å². The van der Waals surface area contributed by atoms with Gasteiger partial charge in [0.15, 0.2) is 0 Å². The Labute approximate surface area is 171 Å². The van der Waals surface area contributed by atoms with E-state index in [1.807, 2.05) is 35.0 Å². The zero-order chi connectivity index (χ0) is 20.9. The Morgan fingerprint density at radius 3 is 2.76 bits per heavy atom. The summed E-state index contributed by atoms with van der Waals surface area (Å²) >= 11 is 0. The highest BCUT2D eigenvalue weighted by molar-refractivity contribution is 5.98. The number of nitriles is 1. The molecule has 1 aliphatic carbocycles. The number of benzene rings is 1. The molecule has 0 saturated heterocycles. The number of methoxy groups -OCH3 is 1. The van der Waals surface area contributed by atoms with Crippen LogP contribution in [0.4, 0.5) is 0 Å². The number of esters is 1. The van der Waals surface area contributed by atoms with Gasteiger partial charge >= 0.3 is 5.97 Å². The first-order valence-corrected chi connectivity index (χ1v) is 10.0. The number of aryl methyl sites for hydroxylation is 1. The van der Waals surface area contributed by atoms with Crippen molar-refractivity contribution in [3.63, 3.8) is 0 Å². The van der Waals surface area contributed by atoms with Gasteiger partial charge in [0.05, 0.1) is 19.6 Å². The molecular weight excluding hydrogens is 366 g/mol. The van der Waals surface area contributed by atoms with Crippen LogP contribution < -0.4 is 5.32 Å². The molecule has 3 rings (SSSR count). The Morgan fingerprint density at radius 2 is 2.07 bits per heavy atom. The van der Waals surface area contributed by atoms with E-state index in [1.54, 1.807) is 6.08 Å². The van der Waals surface area contributed by atoms with Gasteiger partial charge in [-0.3, -0.25) is 4.79 Å². The van der Waals surface area contributed by atoms with Gasteiger partial charge in [0.25, 0.3) is 0 Å². The molecule has 1 heterocycles. The van der Waals surface area contributed by atoms with Gasteiger partial charge in [-0.1, -0.05) is 25.1 Å². The monoisotopic (exact) mass is 393 g/mol. The van der Waals surface area contributed by atoms with Crippen LogP contribution in [-0.2, 0) is 20.9 Å². The molecule has 0 aliphatic heterocycles. The molecule has 2 aromatic rings. The Kier molecular flexibility index (Phi) is 6.38. The lowest BCUT2D eigenvalue weighted by atomic mass is 9.77. The molecule has 152 valence electrons. The van der Waals surface area contributed by atoms with Crippen molar-refractivity contribution < 1.29 is 14.3 Å². The molecule has 1 aliphatic rings. The maximum atomic E-state index is 12.7. The lowest BCUT2D eigenvalue weighted by Crippen LogP contribution is -2.56. The standard InChI is InChI=1S/C23H27N3O3/c1-17-10-12-23(13-11-17,22(28)29-2)25-21(27)9-8-18-16-26(15-5-14-24)20-7-4-3-6-19(18)20/h3-4,6-9,16-17H,5,10-13,15H2,1-2H3,(H,25,27)/b9-8+. The highest BCUT2D eigenvalue weighted by Gasteiger charge is 2.43. The van der Waals surface area contributed by atoms with E-state index in [2.05, 4.69) is 18.3 Å². The predicted octanol–water partition coefficient (Wildman–Crippen LogP) is 3.81. The first-order chi connectivity index (χ1) is 14.0. The van der Waals surface area contributed by atoms with Crippen LogP contribution in [0.2, 0.25) is 0 Å². The van der Waals surface area contributed by atoms with Gasteiger partial charge in [-0.25, -0.2) is 4.79 Å². The molecule has 6 nitrogen and oxygen atoms in total. The quantitative estimate of drug-likeness (QED) is 0.597. The van der Waals surface area contributed by atoms with Gasteiger partial charge in [0.2, 0.25) is 5.91 Å². The number of nitrogens with one attached hydrogen (secondary N) is 1. The number of carbonyl (C=O) groups excluding carboxylic acids is 2. The van der Waals surface area contributed by atoms with Crippen molar-refractivity contribution in [3.8, 4) is 6.07 Å². The average Bonchev–Trinajstić information content (AvgIpc) is 3.09. The molecule has 1 saturated carbocycles. The van der Waals surface area contributed by atoms with Gasteiger partial charge in [-0.2, -0.15) is 5.26 Å². The molecule has 1 aromatic carbocycles. The maximum absolute atomic E-state index is 12.7. The van der Waals surface area contributed by atoms with Crippen LogP contribution in [0, 0.1) is 17.2 Å². The second-order valence-corrected chi connectivity index (χ2v) is 7.78. The number of aromatic nitrogens is 1. The van der Waals surface area contributed by atoms with Crippen LogP contribution in [0.15, 0.2) is 36.5 Å². The van der Waals surface area contributed by atoms with Crippen molar-refractivity contribution >= 4 is 28.9 Å². The minimum absolute atomic E-state index is 0.307. The molecule has 1 N–H and O–H groups in total. The summed E-state index contributed by atoms with van der Waals surface area (Å²) in [6.07, 6.45) is 8.54. The molecule has 0 unspecified atom stereocenters. The highest BCUT2D eigenvalue weighted by Crippen LogP contribution is 2.33. The number of fused-ring (bicyclic) bond motifs is 1. The van der Waals surface area contributed by atoms with E-state index in [1.165, 1.54) is 13.2 Å². The molecule has 1 amide bonds. The number of hydrogen-bond donors (Lipinski definition) is 1. The van der Waals surface area contributed by atoms with Crippen LogP contribution >= 0.6 is 0 Å². The highest BCUT2D eigenvalue weighted by atomic mass is 16.5. The van der Waals surface area contributed by atoms with Gasteiger partial charge in [-0.05, 0) is 43.7 Å². The third-order valence-corrected chi connectivity index (χ3v) is 5.76. The molecular formula is C23H27N3O3. The Bertz CT molecular complexity index is 959. The number of rotatable bonds is 6. The van der Waals surface area contributed by atoms with Crippen molar-refractivity contribution in [3.05, 3.63) is 42.1 Å². The number of hydrogen-bond acceptors (Lipinski definition) is 4. The summed E-state index contributed by atoms with van der Waals surface area (Å²) in [5.74, 6) is -0.141. The lowest BCUT2D eigenvalue weighted by Gasteiger charge is -2.37. The summed E-state index contributed by atoms with van der Waals surface area (Å²) in [5.41, 5.74) is 0.983. The van der Waals surface area contributed by atoms with Gasteiger partial charge in [0, 0.05) is 35.3 Å². The Hall–Kier alpha value is -3.07. The van der Waals surface area contributed by atoms with Gasteiger partial charge in [-0.15, -0.1) is 0 Å². The number of nitrogens with zero attached hydrogens (tertiary/aromatic N) is 2. The van der Waals surface area contributed by atoms with Crippen LogP contribution in [0.1, 0.15) is 44.6 Å².